The van der Waals surface area contributed by atoms with Gasteiger partial charge in [-0.15, -0.1) is 0 Å². The molecular formula is C21H28N2O. The molecule has 0 bridgehead atoms. The predicted octanol–water partition coefficient (Wildman–Crippen LogP) is 3.54. The maximum absolute atomic E-state index is 10.7. The smallest absolute Gasteiger partial charge is 0.123 e. The van der Waals surface area contributed by atoms with E-state index in [1.54, 1.807) is 0 Å². The number of nitrogens with zero attached hydrogens (tertiary/aromatic N) is 1. The first-order valence-electron chi connectivity index (χ1n) is 8.74. The van der Waals surface area contributed by atoms with Crippen LogP contribution in [-0.4, -0.2) is 37.2 Å². The summed E-state index contributed by atoms with van der Waals surface area (Å²) in [5.41, 5.74) is 6.03. The van der Waals surface area contributed by atoms with Crippen LogP contribution < -0.4 is 5.32 Å². The van der Waals surface area contributed by atoms with Crippen LogP contribution in [0, 0.1) is 13.8 Å². The molecule has 128 valence electrons. The SMILES string of the molecule is Cc1cc(C)c2c(c1O)C(NCCN(C)C)C(c1ccccc1)C2. The van der Waals surface area contributed by atoms with Crippen molar-refractivity contribution in [2.24, 2.45) is 0 Å². The molecule has 1 aliphatic rings. The maximum atomic E-state index is 10.7. The van der Waals surface area contributed by atoms with Gasteiger partial charge in [0.2, 0.25) is 0 Å². The average Bonchev–Trinajstić information content (AvgIpc) is 2.93. The molecule has 0 amide bonds. The Morgan fingerprint density at radius 2 is 1.83 bits per heavy atom. The van der Waals surface area contributed by atoms with E-state index in [9.17, 15) is 5.11 Å². The highest BCUT2D eigenvalue weighted by atomic mass is 16.3. The molecular weight excluding hydrogens is 296 g/mol. The topological polar surface area (TPSA) is 35.5 Å². The number of nitrogens with one attached hydrogen (secondary N) is 1. The van der Waals surface area contributed by atoms with Crippen LogP contribution in [-0.2, 0) is 6.42 Å². The predicted molar refractivity (Wildman–Crippen MR) is 99.8 cm³/mol. The lowest BCUT2D eigenvalue weighted by molar-refractivity contribution is 0.369. The van der Waals surface area contributed by atoms with Crippen LogP contribution in [0.1, 0.15) is 39.8 Å². The Morgan fingerprint density at radius 3 is 2.50 bits per heavy atom. The van der Waals surface area contributed by atoms with Crippen LogP contribution in [0.15, 0.2) is 36.4 Å². The molecule has 0 aromatic heterocycles. The lowest BCUT2D eigenvalue weighted by atomic mass is 9.92. The first-order chi connectivity index (χ1) is 11.5. The normalized spacial score (nSPS) is 19.7. The van der Waals surface area contributed by atoms with Crippen LogP contribution in [0.25, 0.3) is 0 Å². The number of fused-ring (bicyclic) bond motifs is 1. The van der Waals surface area contributed by atoms with Gasteiger partial charge in [0.1, 0.15) is 5.75 Å². The minimum Gasteiger partial charge on any atom is -0.507 e. The average molecular weight is 324 g/mol. The third kappa shape index (κ3) is 3.19. The molecule has 0 saturated heterocycles. The monoisotopic (exact) mass is 324 g/mol. The summed E-state index contributed by atoms with van der Waals surface area (Å²) in [4.78, 5) is 2.18. The number of phenolic OH excluding ortho intramolecular Hbond substituents is 1. The summed E-state index contributed by atoms with van der Waals surface area (Å²) < 4.78 is 0. The van der Waals surface area contributed by atoms with Crippen LogP contribution in [0.2, 0.25) is 0 Å². The quantitative estimate of drug-likeness (QED) is 0.883. The molecule has 2 atom stereocenters. The van der Waals surface area contributed by atoms with Gasteiger partial charge in [0, 0.05) is 30.6 Å². The second kappa shape index (κ2) is 6.96. The van der Waals surface area contributed by atoms with E-state index in [0.717, 1.165) is 30.6 Å². The Bertz CT molecular complexity index is 710. The van der Waals surface area contributed by atoms with Gasteiger partial charge < -0.3 is 15.3 Å². The molecule has 0 heterocycles. The van der Waals surface area contributed by atoms with Gasteiger partial charge in [0.15, 0.2) is 0 Å². The molecule has 24 heavy (non-hydrogen) atoms. The molecule has 1 aliphatic carbocycles. The molecule has 0 saturated carbocycles. The van der Waals surface area contributed by atoms with Crippen molar-refractivity contribution in [1.29, 1.82) is 0 Å². The second-order valence-electron chi connectivity index (χ2n) is 7.21. The standard InChI is InChI=1S/C21H28N2O/c1-14-12-15(2)21(24)19-17(14)13-18(16-8-6-5-7-9-16)20(19)22-10-11-23(3)4/h5-9,12,18,20,22,24H,10-11,13H2,1-4H3. The van der Waals surface area contributed by atoms with Gasteiger partial charge >= 0.3 is 0 Å². The van der Waals surface area contributed by atoms with Crippen molar-refractivity contribution < 1.29 is 5.11 Å². The Morgan fingerprint density at radius 1 is 1.12 bits per heavy atom. The molecule has 2 N–H and O–H groups in total. The lowest BCUT2D eigenvalue weighted by Gasteiger charge is -2.24. The van der Waals surface area contributed by atoms with Gasteiger partial charge in [-0.05, 0) is 56.6 Å². The van der Waals surface area contributed by atoms with Gasteiger partial charge in [0.05, 0.1) is 0 Å². The van der Waals surface area contributed by atoms with Gasteiger partial charge in [-0.1, -0.05) is 36.4 Å². The van der Waals surface area contributed by atoms with Crippen molar-refractivity contribution in [3.8, 4) is 5.75 Å². The van der Waals surface area contributed by atoms with E-state index in [0.29, 0.717) is 11.7 Å². The molecule has 0 fully saturated rings. The molecule has 2 aromatic rings. The van der Waals surface area contributed by atoms with Crippen LogP contribution in [0.4, 0.5) is 0 Å². The molecule has 2 unspecified atom stereocenters. The third-order valence-electron chi connectivity index (χ3n) is 5.15. The number of hydrogen-bond acceptors (Lipinski definition) is 3. The largest absolute Gasteiger partial charge is 0.507 e. The van der Waals surface area contributed by atoms with E-state index < -0.39 is 0 Å². The Hall–Kier alpha value is -1.84. The fraction of sp³-hybridized carbons (Fsp3) is 0.429. The highest BCUT2D eigenvalue weighted by Gasteiger charge is 2.36. The number of hydrogen-bond donors (Lipinski definition) is 2. The molecule has 0 spiro atoms. The zero-order chi connectivity index (χ0) is 17.3. The van der Waals surface area contributed by atoms with Gasteiger partial charge in [-0.2, -0.15) is 0 Å². The number of aromatic hydroxyl groups is 1. The summed E-state index contributed by atoms with van der Waals surface area (Å²) in [5.74, 6) is 0.839. The highest BCUT2D eigenvalue weighted by Crippen LogP contribution is 2.48. The summed E-state index contributed by atoms with van der Waals surface area (Å²) in [6, 6.07) is 13.0. The Balaban J connectivity index is 1.99. The summed E-state index contributed by atoms with van der Waals surface area (Å²) >= 11 is 0. The van der Waals surface area contributed by atoms with Gasteiger partial charge in [-0.25, -0.2) is 0 Å². The summed E-state index contributed by atoms with van der Waals surface area (Å²) in [6.45, 7) is 6.05. The highest BCUT2D eigenvalue weighted by molar-refractivity contribution is 5.55. The minimum atomic E-state index is 0.168. The van der Waals surface area contributed by atoms with Crippen molar-refractivity contribution in [1.82, 2.24) is 10.2 Å². The minimum absolute atomic E-state index is 0.168. The summed E-state index contributed by atoms with van der Waals surface area (Å²) in [7, 11) is 4.18. The van der Waals surface area contributed by atoms with Gasteiger partial charge in [0.25, 0.3) is 0 Å². The summed E-state index contributed by atoms with van der Waals surface area (Å²) in [6.07, 6.45) is 0.985. The van der Waals surface area contributed by atoms with Crippen molar-refractivity contribution in [2.75, 3.05) is 27.2 Å². The Kier molecular flexibility index (Phi) is 4.93. The zero-order valence-corrected chi connectivity index (χ0v) is 15.1. The van der Waals surface area contributed by atoms with E-state index >= 15 is 0 Å². The first-order valence-corrected chi connectivity index (χ1v) is 8.74. The summed E-state index contributed by atoms with van der Waals surface area (Å²) in [5, 5.41) is 14.4. The number of benzene rings is 2. The fourth-order valence-electron chi connectivity index (χ4n) is 3.89. The van der Waals surface area contributed by atoms with Crippen molar-refractivity contribution >= 4 is 0 Å². The van der Waals surface area contributed by atoms with Crippen LogP contribution in [0.5, 0.6) is 5.75 Å². The van der Waals surface area contributed by atoms with Crippen LogP contribution in [0.3, 0.4) is 0 Å². The molecule has 0 radical (unpaired) electrons. The Labute approximate surface area is 145 Å². The molecule has 0 aliphatic heterocycles. The van der Waals surface area contributed by atoms with Crippen LogP contribution >= 0.6 is 0 Å². The molecule has 3 nitrogen and oxygen atoms in total. The second-order valence-corrected chi connectivity index (χ2v) is 7.21. The van der Waals surface area contributed by atoms with E-state index in [-0.39, 0.29) is 6.04 Å². The zero-order valence-electron chi connectivity index (χ0n) is 15.1. The van der Waals surface area contributed by atoms with E-state index in [1.807, 2.05) is 6.92 Å². The van der Waals surface area contributed by atoms with E-state index in [1.165, 1.54) is 16.7 Å². The lowest BCUT2D eigenvalue weighted by Crippen LogP contribution is -2.31. The first kappa shape index (κ1) is 17.0. The van der Waals surface area contributed by atoms with Crippen molar-refractivity contribution in [3.05, 3.63) is 64.2 Å². The number of aryl methyl sites for hydroxylation is 2. The number of likely N-dealkylation sites (N-methyl/N-ethyl adjacent to an activating group) is 1. The molecule has 3 rings (SSSR count). The van der Waals surface area contributed by atoms with Crippen molar-refractivity contribution in [2.45, 2.75) is 32.2 Å². The maximum Gasteiger partial charge on any atom is 0.123 e. The van der Waals surface area contributed by atoms with E-state index in [4.69, 9.17) is 0 Å². The van der Waals surface area contributed by atoms with E-state index in [2.05, 4.69) is 67.6 Å². The molecule has 2 aromatic carbocycles. The molecule has 3 heteroatoms. The number of rotatable bonds is 5. The van der Waals surface area contributed by atoms with Crippen molar-refractivity contribution in [3.63, 3.8) is 0 Å². The van der Waals surface area contributed by atoms with Gasteiger partial charge in [-0.3, -0.25) is 0 Å². The number of phenols is 1. The third-order valence-corrected chi connectivity index (χ3v) is 5.15. The fourth-order valence-corrected chi connectivity index (χ4v) is 3.89.